The zero-order valence-electron chi connectivity index (χ0n) is 27.1. The minimum atomic E-state index is -1.41. The van der Waals surface area contributed by atoms with E-state index in [9.17, 15) is 24.3 Å². The molecule has 11 heteroatoms. The highest BCUT2D eigenvalue weighted by molar-refractivity contribution is 5.96. The van der Waals surface area contributed by atoms with Crippen LogP contribution < -0.4 is 10.6 Å². The van der Waals surface area contributed by atoms with Crippen LogP contribution in [0.4, 0.5) is 4.79 Å². The highest BCUT2D eigenvalue weighted by atomic mass is 16.6. The number of amides is 3. The van der Waals surface area contributed by atoms with E-state index in [-0.39, 0.29) is 31.4 Å². The average molecular weight is 657 g/mol. The second kappa shape index (κ2) is 15.0. The number of alkyl carbamates (subject to hydrolysis) is 1. The summed E-state index contributed by atoms with van der Waals surface area (Å²) in [5.41, 5.74) is 1.43. The van der Waals surface area contributed by atoms with Gasteiger partial charge in [0.05, 0.1) is 12.8 Å². The maximum atomic E-state index is 14.2. The summed E-state index contributed by atoms with van der Waals surface area (Å²) in [6, 6.07) is 15.8. The van der Waals surface area contributed by atoms with Crippen LogP contribution in [0.3, 0.4) is 0 Å². The Morgan fingerprint density at radius 2 is 1.71 bits per heavy atom. The Balaban J connectivity index is 1.22. The summed E-state index contributed by atoms with van der Waals surface area (Å²) in [7, 11) is 0. The second-order valence-corrected chi connectivity index (χ2v) is 13.3. The van der Waals surface area contributed by atoms with E-state index in [2.05, 4.69) is 15.8 Å². The first-order valence-corrected chi connectivity index (χ1v) is 17.2. The third-order valence-corrected chi connectivity index (χ3v) is 9.94. The van der Waals surface area contributed by atoms with Gasteiger partial charge in [-0.25, -0.2) is 9.59 Å². The van der Waals surface area contributed by atoms with Crippen LogP contribution in [0.25, 0.3) is 11.1 Å². The van der Waals surface area contributed by atoms with Crippen LogP contribution in [0.5, 0.6) is 0 Å². The van der Waals surface area contributed by atoms with Gasteiger partial charge in [0.1, 0.15) is 29.8 Å². The molecule has 1 saturated heterocycles. The summed E-state index contributed by atoms with van der Waals surface area (Å²) >= 11 is 0. The number of carboxylic acids is 1. The number of benzene rings is 2. The third kappa shape index (κ3) is 7.72. The van der Waals surface area contributed by atoms with Crippen molar-refractivity contribution < 1.29 is 33.9 Å². The minimum Gasteiger partial charge on any atom is -0.479 e. The number of rotatable bonds is 7. The molecule has 2 heterocycles. The number of carbonyl (C=O) groups excluding carboxylic acids is 3. The number of nitrogens with one attached hydrogen (secondary N) is 2. The number of hydrogen-bond donors (Lipinski definition) is 3. The molecule has 254 valence electrons. The van der Waals surface area contributed by atoms with Crippen molar-refractivity contribution in [2.45, 2.75) is 100 Å². The number of oxime groups is 1. The van der Waals surface area contributed by atoms with Gasteiger partial charge in [0, 0.05) is 17.9 Å². The van der Waals surface area contributed by atoms with Gasteiger partial charge in [0.25, 0.3) is 0 Å². The quantitative estimate of drug-likeness (QED) is 0.211. The molecular formula is C37H44N4O7. The number of aliphatic carboxylic acids is 1. The van der Waals surface area contributed by atoms with Gasteiger partial charge < -0.3 is 30.2 Å². The number of carboxylic acid groups (broad SMARTS) is 1. The molecule has 3 N–H and O–H groups in total. The predicted molar refractivity (Wildman–Crippen MR) is 179 cm³/mol. The summed E-state index contributed by atoms with van der Waals surface area (Å²) in [6.07, 6.45) is 11.6. The van der Waals surface area contributed by atoms with Gasteiger partial charge >= 0.3 is 12.1 Å². The molecule has 0 bridgehead atoms. The molecule has 6 rings (SSSR count). The van der Waals surface area contributed by atoms with Gasteiger partial charge in [-0.3, -0.25) is 9.59 Å². The molecule has 2 saturated carbocycles. The van der Waals surface area contributed by atoms with Crippen molar-refractivity contribution >= 4 is 30.1 Å². The summed E-state index contributed by atoms with van der Waals surface area (Å²) in [4.78, 5) is 60.6. The van der Waals surface area contributed by atoms with E-state index in [4.69, 9.17) is 9.57 Å². The molecule has 48 heavy (non-hydrogen) atoms. The lowest BCUT2D eigenvalue weighted by molar-refractivity contribution is -0.145. The lowest BCUT2D eigenvalue weighted by Gasteiger charge is -2.29. The van der Waals surface area contributed by atoms with Crippen LogP contribution in [0.1, 0.15) is 76.2 Å². The molecule has 3 amide bonds. The first kappa shape index (κ1) is 33.2. The summed E-state index contributed by atoms with van der Waals surface area (Å²) in [5, 5.41) is 19.9. The van der Waals surface area contributed by atoms with Crippen LogP contribution >= 0.6 is 0 Å². The first-order valence-electron chi connectivity index (χ1n) is 17.2. The normalized spacial score (nSPS) is 28.8. The molecule has 2 aromatic rings. The van der Waals surface area contributed by atoms with Crippen molar-refractivity contribution in [3.05, 3.63) is 72.3 Å². The van der Waals surface area contributed by atoms with Gasteiger partial charge in [-0.1, -0.05) is 84.7 Å². The largest absolute Gasteiger partial charge is 0.479 e. The summed E-state index contributed by atoms with van der Waals surface area (Å²) in [5.74, 6) is -2.41. The number of fused-ring (bicyclic) bond motifs is 2. The van der Waals surface area contributed by atoms with Gasteiger partial charge in [-0.05, 0) is 62.5 Å². The van der Waals surface area contributed by atoms with Crippen LogP contribution in [-0.4, -0.2) is 76.5 Å². The molecule has 1 unspecified atom stereocenters. The van der Waals surface area contributed by atoms with Gasteiger partial charge in [-0.15, -0.1) is 0 Å². The zero-order chi connectivity index (χ0) is 33.5. The van der Waals surface area contributed by atoms with E-state index in [1.165, 1.54) is 4.90 Å². The Bertz CT molecular complexity index is 1540. The van der Waals surface area contributed by atoms with E-state index in [0.29, 0.717) is 12.8 Å². The summed E-state index contributed by atoms with van der Waals surface area (Å²) in [6.45, 7) is 0.0495. The fourth-order valence-electron chi connectivity index (χ4n) is 7.14. The average Bonchev–Trinajstić information content (AvgIpc) is 3.37. The van der Waals surface area contributed by atoms with Crippen LogP contribution in [0, 0.1) is 5.92 Å². The van der Waals surface area contributed by atoms with Crippen molar-refractivity contribution in [2.24, 2.45) is 11.1 Å². The molecule has 0 spiro atoms. The molecule has 2 aliphatic heterocycles. The standard InChI is InChI=1S/C37H44N4O7/c42-33-32-21-29(48-38-23-26-15-9-12-19-30(26)25-13-5-4-6-14-25)24-41(32)34(43)31(39-36(46)47-28-17-10-11-18-28)20-8-3-1-2-7-16-27-22-37(27,40-33)35(44)45/h4-7,9,12-16,19,23,27-29,31-32H,1-3,8,10-11,17-18,20-22,24H2,(H,39,46)(H,40,42)(H,44,45)/b16-7-,38-23+/t27-,29-,31+,32+,37?/m1/s1. The number of ether oxygens (including phenoxy) is 1. The number of nitrogens with zero attached hydrogens (tertiary/aromatic N) is 2. The van der Waals surface area contributed by atoms with Crippen LogP contribution in [-0.2, 0) is 24.0 Å². The van der Waals surface area contributed by atoms with E-state index < -0.39 is 47.6 Å². The first-order chi connectivity index (χ1) is 23.3. The molecular weight excluding hydrogens is 612 g/mol. The minimum absolute atomic E-state index is 0.0495. The Kier molecular flexibility index (Phi) is 10.4. The molecule has 0 aromatic heterocycles. The lowest BCUT2D eigenvalue weighted by Crippen LogP contribution is -2.56. The monoisotopic (exact) mass is 656 g/mol. The fraction of sp³-hybridized carbons (Fsp3) is 0.486. The Morgan fingerprint density at radius 1 is 0.958 bits per heavy atom. The Hall–Kier alpha value is -4.67. The number of allylic oxidation sites excluding steroid dienone is 1. The maximum absolute atomic E-state index is 14.2. The molecule has 3 fully saturated rings. The summed E-state index contributed by atoms with van der Waals surface area (Å²) < 4.78 is 5.62. The highest BCUT2D eigenvalue weighted by Crippen LogP contribution is 2.45. The van der Waals surface area contributed by atoms with E-state index in [1.807, 2.05) is 66.7 Å². The highest BCUT2D eigenvalue weighted by Gasteiger charge is 2.61. The van der Waals surface area contributed by atoms with Crippen LogP contribution in [0.15, 0.2) is 71.9 Å². The van der Waals surface area contributed by atoms with Crippen molar-refractivity contribution in [3.63, 3.8) is 0 Å². The molecule has 5 atom stereocenters. The third-order valence-electron chi connectivity index (χ3n) is 9.94. The SMILES string of the molecule is O=C(N[C@H]1CCCCC/C=C\[C@@H]2CC2(C(=O)O)NC(=O)[C@@H]2C[C@@H](O/N=C/c3ccccc3-c3ccccc3)CN2C1=O)OC1CCCC1. The molecule has 2 aromatic carbocycles. The van der Waals surface area contributed by atoms with Crippen LogP contribution in [0.2, 0.25) is 0 Å². The van der Waals surface area contributed by atoms with Crippen molar-refractivity contribution in [1.29, 1.82) is 0 Å². The Labute approximate surface area is 280 Å². The Morgan fingerprint density at radius 3 is 2.50 bits per heavy atom. The van der Waals surface area contributed by atoms with Gasteiger partial charge in [-0.2, -0.15) is 0 Å². The topological polar surface area (TPSA) is 147 Å². The van der Waals surface area contributed by atoms with Crippen molar-refractivity contribution in [3.8, 4) is 11.1 Å². The zero-order valence-corrected chi connectivity index (χ0v) is 27.1. The number of hydrogen-bond acceptors (Lipinski definition) is 7. The molecule has 0 radical (unpaired) electrons. The molecule has 11 nitrogen and oxygen atoms in total. The second-order valence-electron chi connectivity index (χ2n) is 13.3. The predicted octanol–water partition coefficient (Wildman–Crippen LogP) is 5.19. The van der Waals surface area contributed by atoms with E-state index in [0.717, 1.165) is 61.6 Å². The number of carbonyl (C=O) groups is 4. The fourth-order valence-corrected chi connectivity index (χ4v) is 7.14. The van der Waals surface area contributed by atoms with Crippen molar-refractivity contribution in [1.82, 2.24) is 15.5 Å². The van der Waals surface area contributed by atoms with Crippen molar-refractivity contribution in [2.75, 3.05) is 6.54 Å². The van der Waals surface area contributed by atoms with E-state index in [1.54, 1.807) is 6.21 Å². The molecule has 4 aliphatic rings. The maximum Gasteiger partial charge on any atom is 0.408 e. The molecule has 2 aliphatic carbocycles. The van der Waals surface area contributed by atoms with Gasteiger partial charge in [0.2, 0.25) is 11.8 Å². The van der Waals surface area contributed by atoms with Gasteiger partial charge in [0.15, 0.2) is 0 Å². The smallest absolute Gasteiger partial charge is 0.408 e. The lowest BCUT2D eigenvalue weighted by atomic mass is 10.0. The van der Waals surface area contributed by atoms with E-state index >= 15 is 0 Å².